The van der Waals surface area contributed by atoms with Crippen LogP contribution in [0.1, 0.15) is 66.9 Å². The van der Waals surface area contributed by atoms with Crippen molar-refractivity contribution in [2.24, 2.45) is 0 Å². The molecule has 0 amide bonds. The molecule has 1 N–H and O–H groups in total. The molecule has 2 heterocycles. The number of aromatic amines is 1. The Hall–Kier alpha value is -1.31. The smallest absolute Gasteiger partial charge is 0.137 e. The largest absolute Gasteiger partial charge is 0.346 e. The minimum Gasteiger partial charge on any atom is -0.346 e. The lowest BCUT2D eigenvalue weighted by Crippen LogP contribution is -1.79. The topological polar surface area (TPSA) is 28.7 Å². The molecule has 0 spiro atoms. The molecule has 0 saturated heterocycles. The second-order valence-corrected chi connectivity index (χ2v) is 4.38. The molecule has 0 aliphatic heterocycles. The van der Waals surface area contributed by atoms with Gasteiger partial charge in [0, 0.05) is 17.8 Å². The molecule has 2 aromatic heterocycles. The van der Waals surface area contributed by atoms with Crippen LogP contribution in [-0.4, -0.2) is 9.97 Å². The van der Waals surface area contributed by atoms with Crippen LogP contribution in [0.4, 0.5) is 0 Å². The monoisotopic (exact) mass is 264 g/mol. The minimum absolute atomic E-state index is 0. The molecule has 0 radical (unpaired) electrons. The van der Waals surface area contributed by atoms with E-state index in [0.29, 0.717) is 0 Å². The van der Waals surface area contributed by atoms with Gasteiger partial charge in [-0.3, -0.25) is 0 Å². The zero-order valence-electron chi connectivity index (χ0n) is 12.6. The number of nitrogens with one attached hydrogen (secondary N) is 1. The summed E-state index contributed by atoms with van der Waals surface area (Å²) in [5.41, 5.74) is 2.38. The van der Waals surface area contributed by atoms with E-state index < -0.39 is 0 Å². The quantitative estimate of drug-likeness (QED) is 0.709. The van der Waals surface area contributed by atoms with Crippen molar-refractivity contribution in [3.63, 3.8) is 0 Å². The first-order chi connectivity index (χ1) is 8.74. The third-order valence-corrected chi connectivity index (χ3v) is 2.06. The van der Waals surface area contributed by atoms with Gasteiger partial charge in [0.15, 0.2) is 0 Å². The highest BCUT2D eigenvalue weighted by atomic mass is 14.8. The molecule has 2 nitrogen and oxygen atoms in total. The standard InChI is InChI=1S/C10H12N2.2C3H8.CH4/c1-2-4-8-7-12-10-9(8)5-3-6-11-10;2*1-3-2;/h3,5-7H,2,4H2,1H3,(H,11,12);2*3H2,1-2H3;1H4. The predicted molar refractivity (Wildman–Crippen MR) is 88.7 cm³/mol. The van der Waals surface area contributed by atoms with Crippen molar-refractivity contribution in [2.45, 2.75) is 67.7 Å². The summed E-state index contributed by atoms with van der Waals surface area (Å²) in [6.45, 7) is 10.7. The first-order valence-electron chi connectivity index (χ1n) is 7.15. The van der Waals surface area contributed by atoms with Crippen LogP contribution in [0.15, 0.2) is 24.5 Å². The number of aromatic nitrogens is 2. The molecule has 2 heteroatoms. The maximum absolute atomic E-state index is 4.23. The number of fused-ring (bicyclic) bond motifs is 1. The third kappa shape index (κ3) is 7.66. The number of hydrogen-bond donors (Lipinski definition) is 1. The first kappa shape index (κ1) is 20.0. The van der Waals surface area contributed by atoms with Crippen molar-refractivity contribution < 1.29 is 0 Å². The molecule has 0 saturated carbocycles. The number of aryl methyl sites for hydroxylation is 1. The summed E-state index contributed by atoms with van der Waals surface area (Å²) >= 11 is 0. The Kier molecular flexibility index (Phi) is 13.8. The number of nitrogens with zero attached hydrogens (tertiary/aromatic N) is 1. The van der Waals surface area contributed by atoms with Gasteiger partial charge < -0.3 is 4.98 Å². The predicted octanol–water partition coefficient (Wildman–Crippen LogP) is 5.98. The number of H-pyrrole nitrogens is 1. The van der Waals surface area contributed by atoms with Crippen molar-refractivity contribution in [1.29, 1.82) is 0 Å². The van der Waals surface area contributed by atoms with E-state index in [2.05, 4.69) is 56.8 Å². The molecule has 0 fully saturated rings. The molecular weight excluding hydrogens is 232 g/mol. The second-order valence-electron chi connectivity index (χ2n) is 4.38. The molecule has 110 valence electrons. The Balaban J connectivity index is 0. The highest BCUT2D eigenvalue weighted by Gasteiger charge is 2.00. The Morgan fingerprint density at radius 2 is 1.63 bits per heavy atom. The van der Waals surface area contributed by atoms with Gasteiger partial charge in [0.05, 0.1) is 0 Å². The fraction of sp³-hybridized carbons (Fsp3) is 0.588. The second kappa shape index (κ2) is 13.1. The van der Waals surface area contributed by atoms with E-state index in [1.165, 1.54) is 30.2 Å². The number of rotatable bonds is 2. The third-order valence-electron chi connectivity index (χ3n) is 2.06. The molecule has 0 aromatic carbocycles. The first-order valence-corrected chi connectivity index (χ1v) is 7.15. The van der Waals surface area contributed by atoms with Crippen LogP contribution in [0.25, 0.3) is 11.0 Å². The van der Waals surface area contributed by atoms with Gasteiger partial charge in [-0.2, -0.15) is 0 Å². The molecule has 0 bridgehead atoms. The van der Waals surface area contributed by atoms with Crippen molar-refractivity contribution in [3.8, 4) is 0 Å². The average molecular weight is 264 g/mol. The van der Waals surface area contributed by atoms with Crippen LogP contribution in [0.3, 0.4) is 0 Å². The molecular formula is C17H32N2. The summed E-state index contributed by atoms with van der Waals surface area (Å²) < 4.78 is 0. The lowest BCUT2D eigenvalue weighted by molar-refractivity contribution is 0.929. The average Bonchev–Trinajstić information content (AvgIpc) is 2.76. The summed E-state index contributed by atoms with van der Waals surface area (Å²) in [7, 11) is 0. The van der Waals surface area contributed by atoms with Gasteiger partial charge in [-0.25, -0.2) is 4.98 Å². The Bertz CT molecular complexity index is 402. The van der Waals surface area contributed by atoms with Gasteiger partial charge >= 0.3 is 0 Å². The van der Waals surface area contributed by atoms with E-state index in [9.17, 15) is 0 Å². The van der Waals surface area contributed by atoms with Crippen molar-refractivity contribution in [3.05, 3.63) is 30.1 Å². The number of pyridine rings is 1. The number of hydrogen-bond acceptors (Lipinski definition) is 1. The minimum atomic E-state index is 0. The van der Waals surface area contributed by atoms with Crippen LogP contribution in [0.5, 0.6) is 0 Å². The lowest BCUT2D eigenvalue weighted by atomic mass is 10.1. The lowest BCUT2D eigenvalue weighted by Gasteiger charge is -1.93. The summed E-state index contributed by atoms with van der Waals surface area (Å²) in [5.74, 6) is 0. The highest BCUT2D eigenvalue weighted by molar-refractivity contribution is 5.79. The SMILES string of the molecule is C.CCC.CCC.CCCc1c[nH]c2ncccc12. The molecule has 19 heavy (non-hydrogen) atoms. The molecule has 2 aromatic rings. The molecule has 0 atom stereocenters. The Labute approximate surface area is 119 Å². The van der Waals surface area contributed by atoms with Crippen LogP contribution in [-0.2, 0) is 6.42 Å². The van der Waals surface area contributed by atoms with Gasteiger partial charge in [-0.05, 0) is 24.1 Å². The van der Waals surface area contributed by atoms with E-state index in [0.717, 1.165) is 12.1 Å². The van der Waals surface area contributed by atoms with Gasteiger partial charge in [-0.1, -0.05) is 61.3 Å². The summed E-state index contributed by atoms with van der Waals surface area (Å²) in [6, 6.07) is 4.10. The van der Waals surface area contributed by atoms with Gasteiger partial charge in [0.1, 0.15) is 5.65 Å². The van der Waals surface area contributed by atoms with Crippen LogP contribution in [0.2, 0.25) is 0 Å². The van der Waals surface area contributed by atoms with Gasteiger partial charge in [-0.15, -0.1) is 0 Å². The fourth-order valence-corrected chi connectivity index (χ4v) is 1.49. The summed E-state index contributed by atoms with van der Waals surface area (Å²) in [4.78, 5) is 7.39. The maximum atomic E-state index is 4.23. The Morgan fingerprint density at radius 3 is 2.16 bits per heavy atom. The van der Waals surface area contributed by atoms with Crippen molar-refractivity contribution in [2.75, 3.05) is 0 Å². The van der Waals surface area contributed by atoms with E-state index in [-0.39, 0.29) is 7.43 Å². The maximum Gasteiger partial charge on any atom is 0.137 e. The van der Waals surface area contributed by atoms with Crippen molar-refractivity contribution in [1.82, 2.24) is 9.97 Å². The van der Waals surface area contributed by atoms with Crippen molar-refractivity contribution >= 4 is 11.0 Å². The molecule has 2 rings (SSSR count). The van der Waals surface area contributed by atoms with E-state index in [1.54, 1.807) is 0 Å². The molecule has 0 aliphatic carbocycles. The molecule has 0 unspecified atom stereocenters. The van der Waals surface area contributed by atoms with Gasteiger partial charge in [0.25, 0.3) is 0 Å². The zero-order chi connectivity index (χ0) is 13.8. The van der Waals surface area contributed by atoms with E-state index >= 15 is 0 Å². The van der Waals surface area contributed by atoms with Crippen LogP contribution < -0.4 is 0 Å². The van der Waals surface area contributed by atoms with Gasteiger partial charge in [0.2, 0.25) is 0 Å². The zero-order valence-corrected chi connectivity index (χ0v) is 12.6. The fourth-order valence-electron chi connectivity index (χ4n) is 1.49. The van der Waals surface area contributed by atoms with Crippen LogP contribution in [0, 0.1) is 0 Å². The van der Waals surface area contributed by atoms with E-state index in [1.807, 2.05) is 12.3 Å². The van der Waals surface area contributed by atoms with Crippen LogP contribution >= 0.6 is 0 Å². The summed E-state index contributed by atoms with van der Waals surface area (Å²) in [6.07, 6.45) is 8.68. The Morgan fingerprint density at radius 1 is 1.05 bits per heavy atom. The molecule has 0 aliphatic rings. The highest BCUT2D eigenvalue weighted by Crippen LogP contribution is 2.16. The van der Waals surface area contributed by atoms with E-state index in [4.69, 9.17) is 0 Å². The normalized spacial score (nSPS) is 8.68. The summed E-state index contributed by atoms with van der Waals surface area (Å²) in [5, 5.41) is 1.26.